The number of halogens is 2. The maximum Gasteiger partial charge on any atom is 0.186 e. The summed E-state index contributed by atoms with van der Waals surface area (Å²) in [4.78, 5) is 7.65. The summed E-state index contributed by atoms with van der Waals surface area (Å²) in [6.07, 6.45) is 2.76. The van der Waals surface area contributed by atoms with Crippen LogP contribution in [0.2, 0.25) is 0 Å². The molecule has 0 amide bonds. The van der Waals surface area contributed by atoms with E-state index < -0.39 is 21.5 Å². The molecule has 0 aliphatic heterocycles. The van der Waals surface area contributed by atoms with Crippen LogP contribution in [0.3, 0.4) is 0 Å². The lowest BCUT2D eigenvalue weighted by atomic mass is 10.1. The fraction of sp³-hybridized carbons (Fsp3) is 0.333. The van der Waals surface area contributed by atoms with Crippen molar-refractivity contribution in [2.45, 2.75) is 25.6 Å². The maximum absolute atomic E-state index is 14.1. The molecule has 2 rings (SSSR count). The molecule has 1 aromatic carbocycles. The van der Waals surface area contributed by atoms with Crippen molar-refractivity contribution in [1.82, 2.24) is 9.97 Å². The van der Waals surface area contributed by atoms with Crippen molar-refractivity contribution in [3.63, 3.8) is 0 Å². The molecule has 2 aromatic rings. The van der Waals surface area contributed by atoms with Crippen molar-refractivity contribution >= 4 is 15.7 Å². The molecule has 0 saturated heterocycles. The Bertz CT molecular complexity index is 810. The normalized spacial score (nSPS) is 11.5. The second-order valence-corrected chi connectivity index (χ2v) is 7.31. The number of hydrogen-bond donors (Lipinski definition) is 1. The Balaban J connectivity index is 2.25. The predicted octanol–water partition coefficient (Wildman–Crippen LogP) is 2.47. The van der Waals surface area contributed by atoms with Gasteiger partial charge >= 0.3 is 0 Å². The SMILES string of the molecule is CCc1ncnc(NCc2cc(F)ccc2CS(C)(=O)=O)c1F. The minimum atomic E-state index is -3.26. The van der Waals surface area contributed by atoms with E-state index in [0.29, 0.717) is 17.5 Å². The zero-order chi connectivity index (χ0) is 17.0. The highest BCUT2D eigenvalue weighted by atomic mass is 32.2. The molecule has 0 fully saturated rings. The minimum Gasteiger partial charge on any atom is -0.363 e. The first-order valence-electron chi connectivity index (χ1n) is 6.98. The summed E-state index contributed by atoms with van der Waals surface area (Å²) in [7, 11) is -3.26. The Morgan fingerprint density at radius 1 is 1.17 bits per heavy atom. The molecule has 0 unspecified atom stereocenters. The van der Waals surface area contributed by atoms with Crippen LogP contribution in [0, 0.1) is 11.6 Å². The van der Waals surface area contributed by atoms with Gasteiger partial charge < -0.3 is 5.32 Å². The first-order valence-corrected chi connectivity index (χ1v) is 9.04. The van der Waals surface area contributed by atoms with Crippen LogP contribution in [0.15, 0.2) is 24.5 Å². The molecule has 124 valence electrons. The quantitative estimate of drug-likeness (QED) is 0.874. The third-order valence-corrected chi connectivity index (χ3v) is 4.06. The van der Waals surface area contributed by atoms with E-state index in [-0.39, 0.29) is 23.8 Å². The van der Waals surface area contributed by atoms with Crippen LogP contribution in [-0.4, -0.2) is 24.6 Å². The van der Waals surface area contributed by atoms with E-state index >= 15 is 0 Å². The van der Waals surface area contributed by atoms with Crippen molar-refractivity contribution in [2.75, 3.05) is 11.6 Å². The van der Waals surface area contributed by atoms with E-state index in [1.54, 1.807) is 6.92 Å². The fourth-order valence-corrected chi connectivity index (χ4v) is 2.98. The van der Waals surface area contributed by atoms with Gasteiger partial charge in [0.25, 0.3) is 0 Å². The van der Waals surface area contributed by atoms with Crippen molar-refractivity contribution in [3.8, 4) is 0 Å². The Kier molecular flexibility index (Phi) is 5.25. The second-order valence-electron chi connectivity index (χ2n) is 5.17. The molecule has 0 radical (unpaired) electrons. The topological polar surface area (TPSA) is 72.0 Å². The fourth-order valence-electron chi connectivity index (χ4n) is 2.14. The van der Waals surface area contributed by atoms with E-state index in [1.165, 1.54) is 24.5 Å². The van der Waals surface area contributed by atoms with Crippen LogP contribution in [-0.2, 0) is 28.6 Å². The van der Waals surface area contributed by atoms with Gasteiger partial charge in [-0.05, 0) is 29.7 Å². The number of sulfone groups is 1. The molecular formula is C15H17F2N3O2S. The van der Waals surface area contributed by atoms with E-state index in [2.05, 4.69) is 15.3 Å². The molecule has 1 heterocycles. The standard InChI is InChI=1S/C15H17F2N3O2S/c1-3-13-14(17)15(20-9-19-13)18-7-11-6-12(16)5-4-10(11)8-23(2,21)22/h4-6,9H,3,7-8H2,1-2H3,(H,18,19,20). The largest absolute Gasteiger partial charge is 0.363 e. The van der Waals surface area contributed by atoms with Crippen LogP contribution < -0.4 is 5.32 Å². The molecule has 0 spiro atoms. The van der Waals surface area contributed by atoms with E-state index in [0.717, 1.165) is 6.26 Å². The molecule has 5 nitrogen and oxygen atoms in total. The smallest absolute Gasteiger partial charge is 0.186 e. The summed E-state index contributed by atoms with van der Waals surface area (Å²) >= 11 is 0. The molecule has 0 atom stereocenters. The van der Waals surface area contributed by atoms with Gasteiger partial charge in [-0.15, -0.1) is 0 Å². The zero-order valence-electron chi connectivity index (χ0n) is 12.8. The third-order valence-electron chi connectivity index (χ3n) is 3.23. The highest BCUT2D eigenvalue weighted by Gasteiger charge is 2.13. The first-order chi connectivity index (χ1) is 10.8. The average Bonchev–Trinajstić information content (AvgIpc) is 2.47. The molecule has 0 saturated carbocycles. The molecule has 23 heavy (non-hydrogen) atoms. The van der Waals surface area contributed by atoms with Crippen molar-refractivity contribution in [3.05, 3.63) is 53.0 Å². The van der Waals surface area contributed by atoms with Crippen LogP contribution in [0.5, 0.6) is 0 Å². The lowest BCUT2D eigenvalue weighted by molar-refractivity contribution is 0.595. The summed E-state index contributed by atoms with van der Waals surface area (Å²) < 4.78 is 50.4. The molecule has 1 aromatic heterocycles. The predicted molar refractivity (Wildman–Crippen MR) is 83.6 cm³/mol. The van der Waals surface area contributed by atoms with Gasteiger partial charge in [0, 0.05) is 12.8 Å². The van der Waals surface area contributed by atoms with Crippen molar-refractivity contribution < 1.29 is 17.2 Å². The number of anilines is 1. The van der Waals surface area contributed by atoms with Gasteiger partial charge in [-0.1, -0.05) is 13.0 Å². The summed E-state index contributed by atoms with van der Waals surface area (Å²) in [5.74, 6) is -1.25. The van der Waals surface area contributed by atoms with Gasteiger partial charge in [0.15, 0.2) is 21.5 Å². The monoisotopic (exact) mass is 341 g/mol. The third kappa shape index (κ3) is 4.69. The Morgan fingerprint density at radius 2 is 1.91 bits per heavy atom. The number of aromatic nitrogens is 2. The molecule has 0 aliphatic rings. The van der Waals surface area contributed by atoms with Gasteiger partial charge in [-0.3, -0.25) is 0 Å². The van der Waals surface area contributed by atoms with Crippen LogP contribution in [0.1, 0.15) is 23.7 Å². The number of aryl methyl sites for hydroxylation is 1. The van der Waals surface area contributed by atoms with Gasteiger partial charge in [-0.25, -0.2) is 27.2 Å². The van der Waals surface area contributed by atoms with E-state index in [1.807, 2.05) is 0 Å². The summed E-state index contributed by atoms with van der Waals surface area (Å²) in [6.45, 7) is 1.83. The molecule has 0 bridgehead atoms. The number of benzene rings is 1. The highest BCUT2D eigenvalue weighted by Crippen LogP contribution is 2.18. The number of nitrogens with zero attached hydrogens (tertiary/aromatic N) is 2. The van der Waals surface area contributed by atoms with Crippen LogP contribution >= 0.6 is 0 Å². The van der Waals surface area contributed by atoms with E-state index in [4.69, 9.17) is 0 Å². The first kappa shape index (κ1) is 17.3. The summed E-state index contributed by atoms with van der Waals surface area (Å²) in [5, 5.41) is 2.77. The Hall–Kier alpha value is -2.09. The molecule has 0 aliphatic carbocycles. The zero-order valence-corrected chi connectivity index (χ0v) is 13.6. The van der Waals surface area contributed by atoms with Crippen LogP contribution in [0.4, 0.5) is 14.6 Å². The second kappa shape index (κ2) is 6.99. The lowest BCUT2D eigenvalue weighted by Gasteiger charge is -2.12. The van der Waals surface area contributed by atoms with Crippen molar-refractivity contribution in [2.24, 2.45) is 0 Å². The molecular weight excluding hydrogens is 324 g/mol. The van der Waals surface area contributed by atoms with Gasteiger partial charge in [0.1, 0.15) is 12.1 Å². The van der Waals surface area contributed by atoms with Crippen molar-refractivity contribution in [1.29, 1.82) is 0 Å². The summed E-state index contributed by atoms with van der Waals surface area (Å²) in [6, 6.07) is 3.85. The molecule has 1 N–H and O–H groups in total. The van der Waals surface area contributed by atoms with Crippen LogP contribution in [0.25, 0.3) is 0 Å². The number of nitrogens with one attached hydrogen (secondary N) is 1. The van der Waals surface area contributed by atoms with Gasteiger partial charge in [-0.2, -0.15) is 0 Å². The average molecular weight is 341 g/mol. The number of rotatable bonds is 6. The van der Waals surface area contributed by atoms with Gasteiger partial charge in [0.05, 0.1) is 11.4 Å². The lowest BCUT2D eigenvalue weighted by Crippen LogP contribution is -2.10. The summed E-state index contributed by atoms with van der Waals surface area (Å²) in [5.41, 5.74) is 1.18. The van der Waals surface area contributed by atoms with E-state index in [9.17, 15) is 17.2 Å². The minimum absolute atomic E-state index is 0.00594. The van der Waals surface area contributed by atoms with Gasteiger partial charge in [0.2, 0.25) is 0 Å². The molecule has 8 heteroatoms. The maximum atomic E-state index is 14.1. The Morgan fingerprint density at radius 3 is 2.57 bits per heavy atom. The number of hydrogen-bond acceptors (Lipinski definition) is 5. The highest BCUT2D eigenvalue weighted by molar-refractivity contribution is 7.89. The Labute approximate surface area is 133 Å².